The van der Waals surface area contributed by atoms with E-state index >= 15 is 0 Å². The van der Waals surface area contributed by atoms with E-state index in [0.29, 0.717) is 51.6 Å². The number of piperidine rings is 2. The molecular weight excluding hydrogens is 284 g/mol. The Balaban J connectivity index is 1.59. The summed E-state index contributed by atoms with van der Waals surface area (Å²) < 4.78 is 0. The minimum atomic E-state index is -0.0549. The van der Waals surface area contributed by atoms with Crippen LogP contribution in [0.1, 0.15) is 64.2 Å². The van der Waals surface area contributed by atoms with Crippen molar-refractivity contribution in [1.29, 1.82) is 0 Å². The van der Waals surface area contributed by atoms with Gasteiger partial charge in [-0.2, -0.15) is 0 Å². The Bertz CT molecular complexity index is 387. The summed E-state index contributed by atoms with van der Waals surface area (Å²) in [7, 11) is 0. The number of carbonyl (C=O) groups excluding carboxylic acids is 4. The van der Waals surface area contributed by atoms with E-state index in [1.165, 1.54) is 9.80 Å². The second-order valence-electron chi connectivity index (χ2n) is 6.00. The molecule has 2 aliphatic heterocycles. The molecule has 0 radical (unpaired) electrons. The predicted molar refractivity (Wildman–Crippen MR) is 79.6 cm³/mol. The van der Waals surface area contributed by atoms with E-state index in [4.69, 9.17) is 0 Å². The maximum absolute atomic E-state index is 11.6. The van der Waals surface area contributed by atoms with Crippen molar-refractivity contribution < 1.29 is 19.2 Å². The Morgan fingerprint density at radius 3 is 1.18 bits per heavy atom. The van der Waals surface area contributed by atoms with Crippen molar-refractivity contribution >= 4 is 23.6 Å². The maximum Gasteiger partial charge on any atom is 0.229 e. The average Bonchev–Trinajstić information content (AvgIpc) is 2.47. The second kappa shape index (κ2) is 8.06. The Morgan fingerprint density at radius 1 is 0.545 bits per heavy atom. The fourth-order valence-electron chi connectivity index (χ4n) is 2.99. The lowest BCUT2D eigenvalue weighted by molar-refractivity contribution is -0.149. The molecule has 2 aliphatic rings. The molecule has 0 aliphatic carbocycles. The van der Waals surface area contributed by atoms with Gasteiger partial charge in [-0.15, -0.1) is 0 Å². The van der Waals surface area contributed by atoms with Crippen LogP contribution in [0.5, 0.6) is 0 Å². The first-order chi connectivity index (χ1) is 10.6. The number of hydrogen-bond acceptors (Lipinski definition) is 4. The summed E-state index contributed by atoms with van der Waals surface area (Å²) in [5, 5.41) is 0. The zero-order valence-corrected chi connectivity index (χ0v) is 13.0. The lowest BCUT2D eigenvalue weighted by Crippen LogP contribution is -2.41. The summed E-state index contributed by atoms with van der Waals surface area (Å²) in [5.74, 6) is -0.219. The lowest BCUT2D eigenvalue weighted by atomic mass is 10.1. The number of likely N-dealkylation sites (tertiary alicyclic amines) is 2. The molecule has 0 saturated carbocycles. The molecule has 22 heavy (non-hydrogen) atoms. The molecular formula is C16H24N2O4. The first kappa shape index (κ1) is 16.6. The molecule has 0 N–H and O–H groups in total. The van der Waals surface area contributed by atoms with Gasteiger partial charge >= 0.3 is 0 Å². The molecule has 2 fully saturated rings. The molecule has 0 aromatic rings. The molecule has 0 aromatic carbocycles. The second-order valence-corrected chi connectivity index (χ2v) is 6.00. The highest BCUT2D eigenvalue weighted by Gasteiger charge is 2.26. The number of hydrogen-bond donors (Lipinski definition) is 0. The molecule has 2 rings (SSSR count). The van der Waals surface area contributed by atoms with Crippen molar-refractivity contribution in [2.24, 2.45) is 0 Å². The Kier molecular flexibility index (Phi) is 6.10. The Morgan fingerprint density at radius 2 is 0.864 bits per heavy atom. The molecule has 0 bridgehead atoms. The number of rotatable bonds is 7. The van der Waals surface area contributed by atoms with Crippen LogP contribution in [0.2, 0.25) is 0 Å². The normalized spacial score (nSPS) is 20.0. The van der Waals surface area contributed by atoms with Gasteiger partial charge < -0.3 is 0 Å². The van der Waals surface area contributed by atoms with Crippen LogP contribution in [0.4, 0.5) is 0 Å². The van der Waals surface area contributed by atoms with E-state index in [0.717, 1.165) is 25.7 Å². The molecule has 6 heteroatoms. The van der Waals surface area contributed by atoms with Gasteiger partial charge in [0.25, 0.3) is 0 Å². The van der Waals surface area contributed by atoms with Gasteiger partial charge in [0.15, 0.2) is 0 Å². The third-order valence-corrected chi connectivity index (χ3v) is 4.28. The van der Waals surface area contributed by atoms with Crippen molar-refractivity contribution in [3.63, 3.8) is 0 Å². The monoisotopic (exact) mass is 308 g/mol. The molecule has 0 aromatic heterocycles. The van der Waals surface area contributed by atoms with Crippen LogP contribution >= 0.6 is 0 Å². The van der Waals surface area contributed by atoms with Gasteiger partial charge in [0.05, 0.1) is 0 Å². The van der Waals surface area contributed by atoms with E-state index in [-0.39, 0.29) is 23.6 Å². The number of imide groups is 2. The van der Waals surface area contributed by atoms with Gasteiger partial charge in [0.1, 0.15) is 0 Å². The molecule has 0 unspecified atom stereocenters. The smallest absolute Gasteiger partial charge is 0.229 e. The summed E-state index contributed by atoms with van der Waals surface area (Å²) in [6.45, 7) is 0.998. The molecule has 2 heterocycles. The van der Waals surface area contributed by atoms with Gasteiger partial charge in [0, 0.05) is 38.8 Å². The summed E-state index contributed by atoms with van der Waals surface area (Å²) in [6, 6.07) is 0. The van der Waals surface area contributed by atoms with Crippen molar-refractivity contribution in [3.8, 4) is 0 Å². The maximum atomic E-state index is 11.6. The quantitative estimate of drug-likeness (QED) is 0.529. The zero-order chi connectivity index (χ0) is 15.9. The Labute approximate surface area is 130 Å². The van der Waals surface area contributed by atoms with Crippen LogP contribution in [0.25, 0.3) is 0 Å². The van der Waals surface area contributed by atoms with E-state index in [1.807, 2.05) is 0 Å². The van der Waals surface area contributed by atoms with E-state index in [9.17, 15) is 19.2 Å². The highest BCUT2D eigenvalue weighted by atomic mass is 16.2. The predicted octanol–water partition coefficient (Wildman–Crippen LogP) is 1.62. The largest absolute Gasteiger partial charge is 0.283 e. The topological polar surface area (TPSA) is 74.8 Å². The van der Waals surface area contributed by atoms with Crippen LogP contribution in [-0.2, 0) is 19.2 Å². The first-order valence-electron chi connectivity index (χ1n) is 8.26. The number of amides is 4. The van der Waals surface area contributed by atoms with Crippen LogP contribution in [0.15, 0.2) is 0 Å². The Hall–Kier alpha value is -1.72. The van der Waals surface area contributed by atoms with Crippen molar-refractivity contribution in [2.75, 3.05) is 13.1 Å². The zero-order valence-electron chi connectivity index (χ0n) is 13.0. The highest BCUT2D eigenvalue weighted by molar-refractivity contribution is 5.98. The molecule has 122 valence electrons. The summed E-state index contributed by atoms with van der Waals surface area (Å²) in [6.07, 6.45) is 6.63. The minimum Gasteiger partial charge on any atom is -0.283 e. The van der Waals surface area contributed by atoms with Crippen molar-refractivity contribution in [1.82, 2.24) is 9.80 Å². The third-order valence-electron chi connectivity index (χ3n) is 4.28. The SMILES string of the molecule is O=C1CCCC(=O)N1CCCCCCN1C(=O)CCCC1=O. The van der Waals surface area contributed by atoms with Gasteiger partial charge in [0.2, 0.25) is 23.6 Å². The van der Waals surface area contributed by atoms with E-state index < -0.39 is 0 Å². The van der Waals surface area contributed by atoms with Crippen molar-refractivity contribution in [3.05, 3.63) is 0 Å². The molecule has 6 nitrogen and oxygen atoms in total. The van der Waals surface area contributed by atoms with Gasteiger partial charge in [-0.1, -0.05) is 12.8 Å². The minimum absolute atomic E-state index is 0.0549. The van der Waals surface area contributed by atoms with E-state index in [2.05, 4.69) is 0 Å². The van der Waals surface area contributed by atoms with E-state index in [1.54, 1.807) is 0 Å². The molecule has 0 atom stereocenters. The first-order valence-corrected chi connectivity index (χ1v) is 8.26. The van der Waals surface area contributed by atoms with Crippen LogP contribution in [-0.4, -0.2) is 46.5 Å². The third kappa shape index (κ3) is 4.39. The average molecular weight is 308 g/mol. The van der Waals surface area contributed by atoms with Crippen LogP contribution in [0, 0.1) is 0 Å². The fraction of sp³-hybridized carbons (Fsp3) is 0.750. The standard InChI is InChI=1S/C16H24N2O4/c19-13-7-5-8-14(20)17(13)11-3-1-2-4-12-18-15(21)9-6-10-16(18)22/h1-12H2. The van der Waals surface area contributed by atoms with Gasteiger partial charge in [-0.05, 0) is 25.7 Å². The summed E-state index contributed by atoms with van der Waals surface area (Å²) in [4.78, 5) is 49.3. The van der Waals surface area contributed by atoms with Crippen LogP contribution in [0.3, 0.4) is 0 Å². The number of nitrogens with zero attached hydrogens (tertiary/aromatic N) is 2. The van der Waals surface area contributed by atoms with Crippen molar-refractivity contribution in [2.45, 2.75) is 64.2 Å². The number of unbranched alkanes of at least 4 members (excludes halogenated alkanes) is 3. The van der Waals surface area contributed by atoms with Gasteiger partial charge in [-0.25, -0.2) is 0 Å². The molecule has 4 amide bonds. The molecule has 2 saturated heterocycles. The molecule has 0 spiro atoms. The van der Waals surface area contributed by atoms with Crippen LogP contribution < -0.4 is 0 Å². The number of carbonyl (C=O) groups is 4. The lowest BCUT2D eigenvalue weighted by Gasteiger charge is -2.25. The highest BCUT2D eigenvalue weighted by Crippen LogP contribution is 2.15. The summed E-state index contributed by atoms with van der Waals surface area (Å²) in [5.41, 5.74) is 0. The fourth-order valence-corrected chi connectivity index (χ4v) is 2.99. The summed E-state index contributed by atoms with van der Waals surface area (Å²) >= 11 is 0. The van der Waals surface area contributed by atoms with Gasteiger partial charge in [-0.3, -0.25) is 29.0 Å².